The second-order valence-corrected chi connectivity index (χ2v) is 8.31. The third kappa shape index (κ3) is 2.39. The third-order valence-electron chi connectivity index (χ3n) is 3.87. The van der Waals surface area contributed by atoms with E-state index in [-0.39, 0.29) is 18.3 Å². The van der Waals surface area contributed by atoms with Gasteiger partial charge < -0.3 is 4.74 Å². The van der Waals surface area contributed by atoms with Gasteiger partial charge in [0.1, 0.15) is 5.41 Å². The molecule has 0 bridgehead atoms. The van der Waals surface area contributed by atoms with Gasteiger partial charge in [0.15, 0.2) is 9.84 Å². The first-order valence-corrected chi connectivity index (χ1v) is 8.81. The summed E-state index contributed by atoms with van der Waals surface area (Å²) in [6.07, 6.45) is 0. The topological polar surface area (TPSA) is 67.2 Å². The van der Waals surface area contributed by atoms with Gasteiger partial charge in [-0.3, -0.25) is 0 Å². The van der Waals surface area contributed by atoms with Crippen molar-refractivity contribution in [3.63, 3.8) is 0 Å². The minimum absolute atomic E-state index is 0.0395. The van der Waals surface area contributed by atoms with E-state index >= 15 is 0 Å². The number of sulfone groups is 1. The van der Waals surface area contributed by atoms with Crippen molar-refractivity contribution in [1.29, 1.82) is 5.26 Å². The molecular formula is C14H16BrNO3S. The molecule has 1 aromatic rings. The van der Waals surface area contributed by atoms with Crippen LogP contribution in [0.2, 0.25) is 0 Å². The maximum absolute atomic E-state index is 12.2. The van der Waals surface area contributed by atoms with Crippen molar-refractivity contribution in [2.45, 2.75) is 18.1 Å². The molecule has 0 unspecified atom stereocenters. The predicted octanol–water partition coefficient (Wildman–Crippen LogP) is 2.51. The van der Waals surface area contributed by atoms with Crippen LogP contribution in [-0.4, -0.2) is 33.1 Å². The lowest BCUT2D eigenvalue weighted by atomic mass is 10.0. The van der Waals surface area contributed by atoms with Gasteiger partial charge in [0.2, 0.25) is 0 Å². The van der Waals surface area contributed by atoms with Gasteiger partial charge in [-0.25, -0.2) is 8.42 Å². The van der Waals surface area contributed by atoms with Crippen LogP contribution in [0.3, 0.4) is 0 Å². The summed E-state index contributed by atoms with van der Waals surface area (Å²) in [7, 11) is -1.80. The molecule has 0 aromatic heterocycles. The van der Waals surface area contributed by atoms with Crippen LogP contribution in [-0.2, 0) is 14.6 Å². The van der Waals surface area contributed by atoms with E-state index in [0.717, 1.165) is 10.0 Å². The van der Waals surface area contributed by atoms with Gasteiger partial charge in [-0.05, 0) is 17.7 Å². The molecule has 0 spiro atoms. The summed E-state index contributed by atoms with van der Waals surface area (Å²) >= 11 is 3.35. The Morgan fingerprint density at radius 3 is 2.45 bits per heavy atom. The highest BCUT2D eigenvalue weighted by molar-refractivity contribution is 9.10. The number of methoxy groups -OCH3 is 1. The number of hydrogen-bond acceptors (Lipinski definition) is 4. The van der Waals surface area contributed by atoms with E-state index in [4.69, 9.17) is 4.74 Å². The number of benzene rings is 1. The van der Waals surface area contributed by atoms with Gasteiger partial charge >= 0.3 is 0 Å². The summed E-state index contributed by atoms with van der Waals surface area (Å²) in [5, 5.41) is 8.82. The summed E-state index contributed by atoms with van der Waals surface area (Å²) in [6, 6.07) is 9.64. The predicted molar refractivity (Wildman–Crippen MR) is 80.1 cm³/mol. The maximum Gasteiger partial charge on any atom is 0.155 e. The average Bonchev–Trinajstić information content (AvgIpc) is 3.10. The molecule has 3 atom stereocenters. The number of nitrogens with zero attached hydrogens (tertiary/aromatic N) is 1. The van der Waals surface area contributed by atoms with Gasteiger partial charge in [0, 0.05) is 23.3 Å². The van der Waals surface area contributed by atoms with E-state index in [1.165, 1.54) is 7.11 Å². The Morgan fingerprint density at radius 2 is 2.00 bits per heavy atom. The summed E-state index contributed by atoms with van der Waals surface area (Å²) < 4.78 is 30.5. The third-order valence-corrected chi connectivity index (χ3v) is 6.67. The first-order chi connectivity index (χ1) is 9.43. The molecule has 6 heteroatoms. The second kappa shape index (κ2) is 5.47. The highest BCUT2D eigenvalue weighted by atomic mass is 79.9. The fourth-order valence-corrected chi connectivity index (χ4v) is 5.10. The van der Waals surface area contributed by atoms with Gasteiger partial charge in [0.25, 0.3) is 0 Å². The summed E-state index contributed by atoms with van der Waals surface area (Å²) in [4.78, 5) is 0. The minimum atomic E-state index is -3.29. The molecule has 0 radical (unpaired) electrons. The van der Waals surface area contributed by atoms with Crippen molar-refractivity contribution in [2.24, 2.45) is 5.41 Å². The van der Waals surface area contributed by atoms with Crippen molar-refractivity contribution >= 4 is 25.8 Å². The lowest BCUT2D eigenvalue weighted by Crippen LogP contribution is -2.20. The van der Waals surface area contributed by atoms with Crippen molar-refractivity contribution in [3.05, 3.63) is 34.3 Å². The molecule has 0 N–H and O–H groups in total. The summed E-state index contributed by atoms with van der Waals surface area (Å²) in [5.74, 6) is -0.275. The monoisotopic (exact) mass is 357 g/mol. The van der Waals surface area contributed by atoms with Crippen LogP contribution in [0.25, 0.3) is 0 Å². The van der Waals surface area contributed by atoms with Crippen molar-refractivity contribution in [1.82, 2.24) is 0 Å². The van der Waals surface area contributed by atoms with E-state index in [2.05, 4.69) is 22.0 Å². The van der Waals surface area contributed by atoms with E-state index in [9.17, 15) is 13.7 Å². The maximum atomic E-state index is 12.2. The summed E-state index contributed by atoms with van der Waals surface area (Å²) in [6.45, 7) is 1.75. The molecule has 1 aliphatic carbocycles. The van der Waals surface area contributed by atoms with Crippen molar-refractivity contribution < 1.29 is 13.2 Å². The molecule has 108 valence electrons. The lowest BCUT2D eigenvalue weighted by molar-refractivity contribution is 0.162. The van der Waals surface area contributed by atoms with Gasteiger partial charge in [0.05, 0.1) is 17.9 Å². The highest BCUT2D eigenvalue weighted by Crippen LogP contribution is 2.62. The van der Waals surface area contributed by atoms with E-state index in [0.29, 0.717) is 0 Å². The fourth-order valence-electron chi connectivity index (χ4n) is 2.83. The largest absolute Gasteiger partial charge is 0.383 e. The Kier molecular flexibility index (Phi) is 4.24. The molecular weight excluding hydrogens is 342 g/mol. The van der Waals surface area contributed by atoms with Crippen LogP contribution in [0.15, 0.2) is 28.7 Å². The molecule has 0 heterocycles. The molecule has 0 saturated heterocycles. The highest BCUT2D eigenvalue weighted by Gasteiger charge is 2.71. The molecule has 0 aliphatic heterocycles. The molecule has 0 amide bonds. The van der Waals surface area contributed by atoms with Crippen molar-refractivity contribution in [3.8, 4) is 6.07 Å². The minimum Gasteiger partial charge on any atom is -0.383 e. The average molecular weight is 358 g/mol. The standard InChI is InChI=1S/C14H16BrNO3S/c1-3-20(17,18)13-12(14(13,8-16)9-19-2)10-4-6-11(15)7-5-10/h4-7,12-13H,3,9H2,1-2H3/t12-,13+,14-/m1/s1. The van der Waals surface area contributed by atoms with E-state index < -0.39 is 20.5 Å². The zero-order valence-electron chi connectivity index (χ0n) is 11.3. The molecule has 1 saturated carbocycles. The van der Waals surface area contributed by atoms with Crippen molar-refractivity contribution in [2.75, 3.05) is 19.5 Å². The van der Waals surface area contributed by atoms with E-state index in [1.807, 2.05) is 24.3 Å². The van der Waals surface area contributed by atoms with Gasteiger partial charge in [-0.2, -0.15) is 5.26 Å². The number of rotatable bonds is 5. The van der Waals surface area contributed by atoms with E-state index in [1.54, 1.807) is 6.92 Å². The lowest BCUT2D eigenvalue weighted by Gasteiger charge is -2.07. The first kappa shape index (κ1) is 15.5. The SMILES string of the molecule is CCS(=O)(=O)[C@H]1[C@@H](c2ccc(Br)cc2)[C@@]1(C#N)COC. The zero-order valence-corrected chi connectivity index (χ0v) is 13.7. The Balaban J connectivity index is 2.45. The Labute approximate surface area is 127 Å². The number of ether oxygens (including phenoxy) is 1. The molecule has 2 rings (SSSR count). The Bertz CT molecular complexity index is 635. The van der Waals surface area contributed by atoms with Crippen LogP contribution in [0, 0.1) is 16.7 Å². The van der Waals surface area contributed by atoms with Crippen LogP contribution in [0.1, 0.15) is 18.4 Å². The smallest absolute Gasteiger partial charge is 0.155 e. The van der Waals surface area contributed by atoms with Gasteiger partial charge in [-0.1, -0.05) is 35.0 Å². The Morgan fingerprint density at radius 1 is 1.40 bits per heavy atom. The van der Waals surface area contributed by atoms with Crippen LogP contribution in [0.4, 0.5) is 0 Å². The second-order valence-electron chi connectivity index (χ2n) is 4.99. The molecule has 4 nitrogen and oxygen atoms in total. The zero-order chi connectivity index (χ0) is 15.0. The molecule has 1 fully saturated rings. The molecule has 20 heavy (non-hydrogen) atoms. The van der Waals surface area contributed by atoms with Gasteiger partial charge in [-0.15, -0.1) is 0 Å². The number of halogens is 1. The molecule has 1 aromatic carbocycles. The van der Waals surface area contributed by atoms with Crippen LogP contribution in [0.5, 0.6) is 0 Å². The first-order valence-electron chi connectivity index (χ1n) is 6.30. The van der Waals surface area contributed by atoms with Crippen LogP contribution >= 0.6 is 15.9 Å². The number of nitriles is 1. The Hall–Kier alpha value is -0.900. The normalized spacial score (nSPS) is 28.9. The quantitative estimate of drug-likeness (QED) is 0.811. The van der Waals surface area contributed by atoms with Crippen LogP contribution < -0.4 is 0 Å². The molecule has 1 aliphatic rings. The fraction of sp³-hybridized carbons (Fsp3) is 0.500. The summed E-state index contributed by atoms with van der Waals surface area (Å²) in [5.41, 5.74) is -0.0916. The number of hydrogen-bond donors (Lipinski definition) is 0.